The summed E-state index contributed by atoms with van der Waals surface area (Å²) in [5.41, 5.74) is 0. The summed E-state index contributed by atoms with van der Waals surface area (Å²) in [5.74, 6) is -0.433. The van der Waals surface area contributed by atoms with Crippen molar-refractivity contribution in [3.8, 4) is 0 Å². The van der Waals surface area contributed by atoms with Crippen LogP contribution in [0.3, 0.4) is 0 Å². The third-order valence-electron chi connectivity index (χ3n) is 8.69. The second-order valence-electron chi connectivity index (χ2n) is 13.5. The number of carbonyl (C=O) groups excluding carboxylic acids is 2. The third-order valence-corrected chi connectivity index (χ3v) is 8.69. The van der Waals surface area contributed by atoms with Gasteiger partial charge in [0, 0.05) is 19.4 Å². The molecule has 0 spiro atoms. The Morgan fingerprint density at radius 1 is 0.479 bits per heavy atom. The Balaban J connectivity index is 4.22. The Morgan fingerprint density at radius 3 is 1.50 bits per heavy atom. The predicted molar refractivity (Wildman–Crippen MR) is 205 cm³/mol. The number of carbonyl (C=O) groups is 2. The molecule has 0 amide bonds. The van der Waals surface area contributed by atoms with E-state index in [4.69, 9.17) is 14.2 Å². The molecule has 0 radical (unpaired) electrons. The Morgan fingerprint density at radius 2 is 0.938 bits per heavy atom. The Kier molecular flexibility index (Phi) is 38.0. The molecule has 0 heterocycles. The van der Waals surface area contributed by atoms with E-state index >= 15 is 0 Å². The number of unbranched alkanes of at least 4 members (excludes halogenated alkanes) is 20. The van der Waals surface area contributed by atoms with Gasteiger partial charge in [0.05, 0.1) is 6.61 Å². The maximum atomic E-state index is 12.6. The minimum atomic E-state index is -0.537. The average molecular weight is 675 g/mol. The van der Waals surface area contributed by atoms with Crippen molar-refractivity contribution in [1.29, 1.82) is 0 Å². The summed E-state index contributed by atoms with van der Waals surface area (Å²) in [6, 6.07) is 0. The minimum absolute atomic E-state index is 0.0739. The van der Waals surface area contributed by atoms with Crippen LogP contribution in [0.1, 0.15) is 201 Å². The number of allylic oxidation sites excluding steroid dienone is 6. The van der Waals surface area contributed by atoms with Crippen molar-refractivity contribution in [3.05, 3.63) is 36.5 Å². The molecule has 0 aliphatic heterocycles. The largest absolute Gasteiger partial charge is 0.462 e. The molecule has 0 N–H and O–H groups in total. The summed E-state index contributed by atoms with van der Waals surface area (Å²) < 4.78 is 17.2. The van der Waals surface area contributed by atoms with Gasteiger partial charge in [0.15, 0.2) is 6.10 Å². The molecule has 0 rings (SSSR count). The van der Waals surface area contributed by atoms with E-state index in [1.165, 1.54) is 96.3 Å². The molecule has 1 atom stereocenters. The first-order valence-electron chi connectivity index (χ1n) is 20.5. The van der Waals surface area contributed by atoms with Gasteiger partial charge < -0.3 is 14.2 Å². The highest BCUT2D eigenvalue weighted by Crippen LogP contribution is 2.13. The summed E-state index contributed by atoms with van der Waals surface area (Å²) in [7, 11) is 0. The Labute approximate surface area is 298 Å². The molecule has 0 aliphatic carbocycles. The van der Waals surface area contributed by atoms with E-state index < -0.39 is 6.10 Å². The van der Waals surface area contributed by atoms with Gasteiger partial charge >= 0.3 is 11.9 Å². The zero-order valence-electron chi connectivity index (χ0n) is 32.0. The first-order chi connectivity index (χ1) is 23.6. The molecule has 0 saturated heterocycles. The number of ether oxygens (including phenoxy) is 3. The molecule has 5 heteroatoms. The van der Waals surface area contributed by atoms with E-state index in [1.807, 2.05) is 0 Å². The van der Waals surface area contributed by atoms with Crippen LogP contribution >= 0.6 is 0 Å². The molecule has 1 unspecified atom stereocenters. The van der Waals surface area contributed by atoms with E-state index in [0.29, 0.717) is 19.4 Å². The number of esters is 2. The van der Waals surface area contributed by atoms with E-state index in [2.05, 4.69) is 57.2 Å². The van der Waals surface area contributed by atoms with Crippen LogP contribution < -0.4 is 0 Å². The van der Waals surface area contributed by atoms with Gasteiger partial charge in [-0.3, -0.25) is 9.59 Å². The Bertz CT molecular complexity index is 771. The SMILES string of the molecule is CC/C=C\C/C=C\C/C=C\CCCCCC(=O)OCC(COCCCCCCCCCCCCCC)OC(=O)CCCCCCCCC. The van der Waals surface area contributed by atoms with Gasteiger partial charge in [-0.05, 0) is 51.4 Å². The van der Waals surface area contributed by atoms with Crippen molar-refractivity contribution in [2.24, 2.45) is 0 Å². The van der Waals surface area contributed by atoms with Gasteiger partial charge in [0.25, 0.3) is 0 Å². The average Bonchev–Trinajstić information content (AvgIpc) is 3.08. The molecule has 0 saturated carbocycles. The smallest absolute Gasteiger partial charge is 0.306 e. The van der Waals surface area contributed by atoms with Crippen LogP contribution in [0, 0.1) is 0 Å². The van der Waals surface area contributed by atoms with Gasteiger partial charge in [0.2, 0.25) is 0 Å². The van der Waals surface area contributed by atoms with Crippen molar-refractivity contribution in [1.82, 2.24) is 0 Å². The van der Waals surface area contributed by atoms with E-state index in [1.54, 1.807) is 0 Å². The van der Waals surface area contributed by atoms with Gasteiger partial charge in [-0.15, -0.1) is 0 Å². The van der Waals surface area contributed by atoms with Gasteiger partial charge in [0.1, 0.15) is 6.61 Å². The predicted octanol–water partition coefficient (Wildman–Crippen LogP) is 13.1. The lowest BCUT2D eigenvalue weighted by Gasteiger charge is -2.18. The lowest BCUT2D eigenvalue weighted by Crippen LogP contribution is -2.30. The first kappa shape index (κ1) is 46.1. The highest BCUT2D eigenvalue weighted by molar-refractivity contribution is 5.70. The second kappa shape index (κ2) is 39.6. The van der Waals surface area contributed by atoms with E-state index in [9.17, 15) is 9.59 Å². The number of hydrogen-bond donors (Lipinski definition) is 0. The van der Waals surface area contributed by atoms with Gasteiger partial charge in [-0.1, -0.05) is 173 Å². The van der Waals surface area contributed by atoms with Crippen molar-refractivity contribution in [3.63, 3.8) is 0 Å². The summed E-state index contributed by atoms with van der Waals surface area (Å²) in [4.78, 5) is 25.0. The standard InChI is InChI=1S/C43H78O5/c1-4-7-10-13-16-18-20-22-23-25-28-30-33-36-42(44)47-40-41(48-43(45)37-34-31-27-15-12-9-6-3)39-46-38-35-32-29-26-24-21-19-17-14-11-8-5-2/h7,10,16,18,22-23,41H,4-6,8-9,11-15,17,19-21,24-40H2,1-3H3/b10-7-,18-16-,23-22-. The molecule has 280 valence electrons. The molecule has 0 bridgehead atoms. The molecule has 48 heavy (non-hydrogen) atoms. The molecule has 5 nitrogen and oxygen atoms in total. The van der Waals surface area contributed by atoms with E-state index in [-0.39, 0.29) is 25.2 Å². The summed E-state index contributed by atoms with van der Waals surface area (Å²) in [6.45, 7) is 7.65. The van der Waals surface area contributed by atoms with Crippen LogP contribution in [0.15, 0.2) is 36.5 Å². The lowest BCUT2D eigenvalue weighted by molar-refractivity contribution is -0.163. The summed E-state index contributed by atoms with van der Waals surface area (Å²) >= 11 is 0. The normalized spacial score (nSPS) is 12.5. The van der Waals surface area contributed by atoms with Crippen LogP contribution in [0.25, 0.3) is 0 Å². The number of rotatable bonds is 37. The van der Waals surface area contributed by atoms with Crippen molar-refractivity contribution in [2.45, 2.75) is 207 Å². The van der Waals surface area contributed by atoms with Crippen molar-refractivity contribution < 1.29 is 23.8 Å². The maximum absolute atomic E-state index is 12.6. The van der Waals surface area contributed by atoms with Crippen LogP contribution in [0.5, 0.6) is 0 Å². The fraction of sp³-hybridized carbons (Fsp3) is 0.814. The number of hydrogen-bond acceptors (Lipinski definition) is 5. The quantitative estimate of drug-likeness (QED) is 0.0373. The van der Waals surface area contributed by atoms with Gasteiger partial charge in [-0.25, -0.2) is 0 Å². The molecular formula is C43H78O5. The van der Waals surface area contributed by atoms with Crippen LogP contribution in [0.4, 0.5) is 0 Å². The summed E-state index contributed by atoms with van der Waals surface area (Å²) in [5, 5.41) is 0. The second-order valence-corrected chi connectivity index (χ2v) is 13.5. The molecule has 0 aromatic heterocycles. The molecular weight excluding hydrogens is 596 g/mol. The molecule has 0 aromatic rings. The van der Waals surface area contributed by atoms with Crippen molar-refractivity contribution in [2.75, 3.05) is 19.8 Å². The molecule has 0 fully saturated rings. The minimum Gasteiger partial charge on any atom is -0.462 e. The van der Waals surface area contributed by atoms with Crippen LogP contribution in [-0.2, 0) is 23.8 Å². The topological polar surface area (TPSA) is 61.8 Å². The first-order valence-corrected chi connectivity index (χ1v) is 20.5. The Hall–Kier alpha value is -1.88. The van der Waals surface area contributed by atoms with Crippen molar-refractivity contribution >= 4 is 11.9 Å². The van der Waals surface area contributed by atoms with Crippen LogP contribution in [-0.4, -0.2) is 37.9 Å². The zero-order chi connectivity index (χ0) is 35.0. The highest BCUT2D eigenvalue weighted by Gasteiger charge is 2.17. The monoisotopic (exact) mass is 675 g/mol. The highest BCUT2D eigenvalue weighted by atomic mass is 16.6. The fourth-order valence-electron chi connectivity index (χ4n) is 5.64. The third kappa shape index (κ3) is 36.9. The van der Waals surface area contributed by atoms with E-state index in [0.717, 1.165) is 70.6 Å². The van der Waals surface area contributed by atoms with Crippen LogP contribution in [0.2, 0.25) is 0 Å². The lowest BCUT2D eigenvalue weighted by atomic mass is 10.1. The molecule has 0 aromatic carbocycles. The fourth-order valence-corrected chi connectivity index (χ4v) is 5.64. The van der Waals surface area contributed by atoms with Gasteiger partial charge in [-0.2, -0.15) is 0 Å². The molecule has 0 aliphatic rings. The maximum Gasteiger partial charge on any atom is 0.306 e. The summed E-state index contributed by atoms with van der Waals surface area (Å²) in [6.07, 6.45) is 44.3. The zero-order valence-corrected chi connectivity index (χ0v) is 32.0.